The molecule has 9 heteroatoms. The minimum Gasteiger partial charge on any atom is -0.493 e. The Morgan fingerprint density at radius 2 is 1.90 bits per heavy atom. The fourth-order valence-electron chi connectivity index (χ4n) is 3.36. The number of rotatable bonds is 10. The van der Waals surface area contributed by atoms with E-state index in [1.54, 1.807) is 44.6 Å². The van der Waals surface area contributed by atoms with E-state index in [1.165, 1.54) is 0 Å². The van der Waals surface area contributed by atoms with Gasteiger partial charge in [-0.3, -0.25) is 4.79 Å². The SMILES string of the molecule is COc1cc(-c2noc(CCN(Cc3ccco3)C(=O)C3CC3)n2)cc(OC)c1OC. The zero-order chi connectivity index (χ0) is 21.8. The van der Waals surface area contributed by atoms with E-state index in [9.17, 15) is 4.79 Å². The molecule has 0 atom stereocenters. The monoisotopic (exact) mass is 427 g/mol. The van der Waals surface area contributed by atoms with Crippen LogP contribution in [0.4, 0.5) is 0 Å². The van der Waals surface area contributed by atoms with Crippen molar-refractivity contribution >= 4 is 5.91 Å². The van der Waals surface area contributed by atoms with Crippen LogP contribution in [0, 0.1) is 5.92 Å². The van der Waals surface area contributed by atoms with E-state index in [1.807, 2.05) is 12.1 Å². The summed E-state index contributed by atoms with van der Waals surface area (Å²) in [7, 11) is 4.64. The van der Waals surface area contributed by atoms with Crippen molar-refractivity contribution in [2.75, 3.05) is 27.9 Å². The maximum Gasteiger partial charge on any atom is 0.228 e. The van der Waals surface area contributed by atoms with E-state index in [4.69, 9.17) is 23.2 Å². The zero-order valence-electron chi connectivity index (χ0n) is 17.8. The van der Waals surface area contributed by atoms with Crippen LogP contribution in [0.15, 0.2) is 39.5 Å². The number of hydrogen-bond acceptors (Lipinski definition) is 8. The van der Waals surface area contributed by atoms with Gasteiger partial charge < -0.3 is 28.1 Å². The average molecular weight is 427 g/mol. The zero-order valence-corrected chi connectivity index (χ0v) is 17.8. The maximum atomic E-state index is 12.7. The molecule has 1 aliphatic carbocycles. The van der Waals surface area contributed by atoms with Gasteiger partial charge in [0.1, 0.15) is 5.76 Å². The van der Waals surface area contributed by atoms with Crippen molar-refractivity contribution in [1.29, 1.82) is 0 Å². The number of carbonyl (C=O) groups excluding carboxylic acids is 1. The molecule has 0 N–H and O–H groups in total. The molecule has 1 fully saturated rings. The molecule has 3 aromatic rings. The highest BCUT2D eigenvalue weighted by molar-refractivity contribution is 5.81. The first kappa shape index (κ1) is 20.8. The number of ether oxygens (including phenoxy) is 3. The molecule has 9 nitrogen and oxygen atoms in total. The number of hydrogen-bond donors (Lipinski definition) is 0. The first-order valence-electron chi connectivity index (χ1n) is 10.1. The Balaban J connectivity index is 1.48. The Labute approximate surface area is 179 Å². The van der Waals surface area contributed by atoms with Crippen LogP contribution in [0.5, 0.6) is 17.2 Å². The normalized spacial score (nSPS) is 13.1. The van der Waals surface area contributed by atoms with Gasteiger partial charge >= 0.3 is 0 Å². The van der Waals surface area contributed by atoms with Crippen molar-refractivity contribution in [1.82, 2.24) is 15.0 Å². The van der Waals surface area contributed by atoms with Gasteiger partial charge in [-0.15, -0.1) is 0 Å². The van der Waals surface area contributed by atoms with Crippen LogP contribution in [0.25, 0.3) is 11.4 Å². The Kier molecular flexibility index (Phi) is 6.11. The number of carbonyl (C=O) groups is 1. The minimum atomic E-state index is 0.118. The molecule has 1 saturated carbocycles. The van der Waals surface area contributed by atoms with Crippen LogP contribution in [-0.2, 0) is 17.8 Å². The third-order valence-corrected chi connectivity index (χ3v) is 5.15. The lowest BCUT2D eigenvalue weighted by Gasteiger charge is -2.20. The highest BCUT2D eigenvalue weighted by Gasteiger charge is 2.33. The number of benzene rings is 1. The predicted molar refractivity (Wildman–Crippen MR) is 110 cm³/mol. The molecule has 0 bridgehead atoms. The molecular formula is C22H25N3O6. The van der Waals surface area contributed by atoms with Crippen molar-refractivity contribution in [3.8, 4) is 28.6 Å². The summed E-state index contributed by atoms with van der Waals surface area (Å²) < 4.78 is 27.0. The Hall–Kier alpha value is -3.49. The van der Waals surface area contributed by atoms with Gasteiger partial charge in [0.05, 0.1) is 34.1 Å². The molecular weight excluding hydrogens is 402 g/mol. The summed E-state index contributed by atoms with van der Waals surface area (Å²) in [6.45, 7) is 0.892. The number of amides is 1. The summed E-state index contributed by atoms with van der Waals surface area (Å²) in [6, 6.07) is 7.20. The molecule has 0 radical (unpaired) electrons. The molecule has 0 spiro atoms. The van der Waals surface area contributed by atoms with Crippen molar-refractivity contribution < 1.29 is 27.9 Å². The molecule has 31 heavy (non-hydrogen) atoms. The first-order chi connectivity index (χ1) is 15.1. The summed E-state index contributed by atoms with van der Waals surface area (Å²) in [4.78, 5) is 18.9. The highest BCUT2D eigenvalue weighted by Crippen LogP contribution is 2.40. The fraction of sp³-hybridized carbons (Fsp3) is 0.409. The number of aromatic nitrogens is 2. The van der Waals surface area contributed by atoms with Crippen molar-refractivity contribution in [3.05, 3.63) is 42.2 Å². The molecule has 164 valence electrons. The number of methoxy groups -OCH3 is 3. The summed E-state index contributed by atoms with van der Waals surface area (Å²) in [6.07, 6.45) is 3.94. The van der Waals surface area contributed by atoms with Gasteiger partial charge in [0.2, 0.25) is 23.4 Å². The van der Waals surface area contributed by atoms with E-state index in [2.05, 4.69) is 10.1 Å². The molecule has 2 heterocycles. The smallest absolute Gasteiger partial charge is 0.228 e. The molecule has 1 aliphatic rings. The quantitative estimate of drug-likeness (QED) is 0.486. The lowest BCUT2D eigenvalue weighted by molar-refractivity contribution is -0.133. The second kappa shape index (κ2) is 9.11. The molecule has 1 amide bonds. The van der Waals surface area contributed by atoms with E-state index in [0.717, 1.165) is 18.6 Å². The van der Waals surface area contributed by atoms with Gasteiger partial charge in [0.15, 0.2) is 11.5 Å². The van der Waals surface area contributed by atoms with E-state index in [0.29, 0.717) is 54.0 Å². The summed E-state index contributed by atoms with van der Waals surface area (Å²) in [5.74, 6) is 3.35. The third kappa shape index (κ3) is 4.65. The van der Waals surface area contributed by atoms with Gasteiger partial charge in [-0.2, -0.15) is 4.98 Å². The van der Waals surface area contributed by atoms with Gasteiger partial charge in [0.25, 0.3) is 0 Å². The van der Waals surface area contributed by atoms with E-state index >= 15 is 0 Å². The Morgan fingerprint density at radius 3 is 2.48 bits per heavy atom. The average Bonchev–Trinajstić information content (AvgIpc) is 3.31. The molecule has 4 rings (SSSR count). The molecule has 0 saturated heterocycles. The largest absolute Gasteiger partial charge is 0.493 e. The van der Waals surface area contributed by atoms with Crippen molar-refractivity contribution in [2.45, 2.75) is 25.8 Å². The van der Waals surface area contributed by atoms with Gasteiger partial charge in [-0.05, 0) is 37.1 Å². The predicted octanol–water partition coefficient (Wildman–Crippen LogP) is 3.34. The second-order valence-electron chi connectivity index (χ2n) is 7.29. The number of nitrogens with zero attached hydrogens (tertiary/aromatic N) is 3. The molecule has 0 unspecified atom stereocenters. The van der Waals surface area contributed by atoms with Crippen LogP contribution >= 0.6 is 0 Å². The van der Waals surface area contributed by atoms with Gasteiger partial charge in [-0.1, -0.05) is 5.16 Å². The van der Waals surface area contributed by atoms with Crippen LogP contribution in [-0.4, -0.2) is 48.8 Å². The molecule has 2 aromatic heterocycles. The lowest BCUT2D eigenvalue weighted by atomic mass is 10.1. The highest BCUT2D eigenvalue weighted by atomic mass is 16.5. The van der Waals surface area contributed by atoms with Crippen LogP contribution in [0.2, 0.25) is 0 Å². The topological polar surface area (TPSA) is 100 Å². The summed E-state index contributed by atoms with van der Waals surface area (Å²) in [5, 5.41) is 4.08. The number of furan rings is 1. The van der Waals surface area contributed by atoms with Crippen LogP contribution in [0.3, 0.4) is 0 Å². The van der Waals surface area contributed by atoms with Crippen molar-refractivity contribution in [2.24, 2.45) is 5.92 Å². The van der Waals surface area contributed by atoms with Crippen LogP contribution in [0.1, 0.15) is 24.5 Å². The summed E-state index contributed by atoms with van der Waals surface area (Å²) in [5.41, 5.74) is 0.672. The maximum absolute atomic E-state index is 12.7. The minimum absolute atomic E-state index is 0.118. The Morgan fingerprint density at radius 1 is 1.16 bits per heavy atom. The lowest BCUT2D eigenvalue weighted by Crippen LogP contribution is -2.33. The van der Waals surface area contributed by atoms with E-state index < -0.39 is 0 Å². The molecule has 1 aromatic carbocycles. The van der Waals surface area contributed by atoms with Crippen LogP contribution < -0.4 is 14.2 Å². The standard InChI is InChI=1S/C22H25N3O6/c1-27-17-11-15(12-18(28-2)20(17)29-3)21-23-19(31-24-21)8-9-25(22(26)14-6-7-14)13-16-5-4-10-30-16/h4-5,10-12,14H,6-9,13H2,1-3H3. The van der Waals surface area contributed by atoms with Gasteiger partial charge in [0, 0.05) is 24.4 Å². The molecule has 0 aliphatic heterocycles. The first-order valence-corrected chi connectivity index (χ1v) is 10.1. The van der Waals surface area contributed by atoms with E-state index in [-0.39, 0.29) is 11.8 Å². The Bertz CT molecular complexity index is 1000. The van der Waals surface area contributed by atoms with Crippen molar-refractivity contribution in [3.63, 3.8) is 0 Å². The fourth-order valence-corrected chi connectivity index (χ4v) is 3.36. The van der Waals surface area contributed by atoms with Gasteiger partial charge in [-0.25, -0.2) is 0 Å². The second-order valence-corrected chi connectivity index (χ2v) is 7.29. The third-order valence-electron chi connectivity index (χ3n) is 5.15. The summed E-state index contributed by atoms with van der Waals surface area (Å²) >= 11 is 0.